The van der Waals surface area contributed by atoms with Crippen molar-refractivity contribution in [2.45, 2.75) is 33.1 Å². The number of aliphatic hydroxyl groups is 1. The SMILES string of the molecule is Cc1cc(=O)c(C(=O)N(C)CC2(CO)CCC2)c(C)[nH]1. The summed E-state index contributed by atoms with van der Waals surface area (Å²) in [5.74, 6) is -0.275. The lowest BCUT2D eigenvalue weighted by molar-refractivity contribution is 0.0146. The summed E-state index contributed by atoms with van der Waals surface area (Å²) in [6.45, 7) is 4.12. The van der Waals surface area contributed by atoms with E-state index < -0.39 is 0 Å². The first-order valence-corrected chi connectivity index (χ1v) is 6.95. The number of aromatic amines is 1. The average Bonchev–Trinajstić information content (AvgIpc) is 2.32. The molecule has 5 heteroatoms. The maximum Gasteiger partial charge on any atom is 0.259 e. The molecule has 1 heterocycles. The summed E-state index contributed by atoms with van der Waals surface area (Å²) in [6.07, 6.45) is 2.96. The van der Waals surface area contributed by atoms with Crippen LogP contribution >= 0.6 is 0 Å². The predicted octanol–water partition coefficient (Wildman–Crippen LogP) is 1.23. The maximum absolute atomic E-state index is 12.5. The second-order valence-electron chi connectivity index (χ2n) is 5.99. The van der Waals surface area contributed by atoms with Crippen LogP contribution in [0.4, 0.5) is 0 Å². The molecule has 0 spiro atoms. The second kappa shape index (κ2) is 5.40. The molecule has 0 aromatic carbocycles. The van der Waals surface area contributed by atoms with Crippen LogP contribution in [-0.4, -0.2) is 41.1 Å². The van der Waals surface area contributed by atoms with Gasteiger partial charge in [-0.2, -0.15) is 0 Å². The van der Waals surface area contributed by atoms with Gasteiger partial charge in [-0.3, -0.25) is 9.59 Å². The van der Waals surface area contributed by atoms with Crippen molar-refractivity contribution >= 4 is 5.91 Å². The van der Waals surface area contributed by atoms with Crippen LogP contribution in [0, 0.1) is 19.3 Å². The second-order valence-corrected chi connectivity index (χ2v) is 5.99. The maximum atomic E-state index is 12.5. The zero-order valence-corrected chi connectivity index (χ0v) is 12.3. The minimum absolute atomic E-state index is 0.0911. The number of carbonyl (C=O) groups is 1. The van der Waals surface area contributed by atoms with Crippen LogP contribution in [0.3, 0.4) is 0 Å². The lowest BCUT2D eigenvalue weighted by Crippen LogP contribution is -2.46. The van der Waals surface area contributed by atoms with E-state index in [1.165, 1.54) is 6.07 Å². The van der Waals surface area contributed by atoms with E-state index in [9.17, 15) is 14.7 Å². The molecule has 1 aliphatic carbocycles. The third-order valence-electron chi connectivity index (χ3n) is 4.24. The number of aromatic nitrogens is 1. The summed E-state index contributed by atoms with van der Waals surface area (Å²) in [5, 5.41) is 9.48. The lowest BCUT2D eigenvalue weighted by Gasteiger charge is -2.42. The first kappa shape index (κ1) is 14.8. The van der Waals surface area contributed by atoms with Gasteiger partial charge >= 0.3 is 0 Å². The summed E-state index contributed by atoms with van der Waals surface area (Å²) >= 11 is 0. The topological polar surface area (TPSA) is 73.4 Å². The molecule has 1 aromatic rings. The Labute approximate surface area is 118 Å². The Balaban J connectivity index is 2.21. The van der Waals surface area contributed by atoms with Crippen molar-refractivity contribution in [3.8, 4) is 0 Å². The molecule has 0 bridgehead atoms. The zero-order valence-electron chi connectivity index (χ0n) is 12.3. The number of hydrogen-bond acceptors (Lipinski definition) is 3. The van der Waals surface area contributed by atoms with Gasteiger partial charge in [0.15, 0.2) is 5.43 Å². The first-order chi connectivity index (χ1) is 9.38. The minimum atomic E-state index is -0.275. The van der Waals surface area contributed by atoms with E-state index in [-0.39, 0.29) is 28.9 Å². The third kappa shape index (κ3) is 2.63. The van der Waals surface area contributed by atoms with E-state index in [1.54, 1.807) is 25.8 Å². The molecule has 1 aromatic heterocycles. The van der Waals surface area contributed by atoms with Crippen molar-refractivity contribution in [3.63, 3.8) is 0 Å². The summed E-state index contributed by atoms with van der Waals surface area (Å²) in [7, 11) is 1.69. The van der Waals surface area contributed by atoms with Crippen LogP contribution in [0.1, 0.15) is 41.0 Å². The number of hydrogen-bond donors (Lipinski definition) is 2. The number of nitrogens with one attached hydrogen (secondary N) is 1. The van der Waals surface area contributed by atoms with E-state index in [2.05, 4.69) is 4.98 Å². The molecule has 2 N–H and O–H groups in total. The number of rotatable bonds is 4. The molecular formula is C15H22N2O3. The Hall–Kier alpha value is -1.62. The molecule has 5 nitrogen and oxygen atoms in total. The fourth-order valence-electron chi connectivity index (χ4n) is 2.92. The summed E-state index contributed by atoms with van der Waals surface area (Å²) < 4.78 is 0. The molecule has 110 valence electrons. The molecule has 0 atom stereocenters. The third-order valence-corrected chi connectivity index (χ3v) is 4.24. The minimum Gasteiger partial charge on any atom is -0.396 e. The molecule has 0 unspecified atom stereocenters. The molecule has 1 amide bonds. The number of pyridine rings is 1. The highest BCUT2D eigenvalue weighted by Crippen LogP contribution is 2.40. The Bertz CT molecular complexity index is 567. The molecule has 20 heavy (non-hydrogen) atoms. The number of aliphatic hydroxyl groups excluding tert-OH is 1. The highest BCUT2D eigenvalue weighted by Gasteiger charge is 2.38. The van der Waals surface area contributed by atoms with Gasteiger partial charge in [0.05, 0.1) is 6.61 Å². The van der Waals surface area contributed by atoms with Gasteiger partial charge in [-0.15, -0.1) is 0 Å². The fourth-order valence-corrected chi connectivity index (χ4v) is 2.92. The van der Waals surface area contributed by atoms with E-state index in [1.807, 2.05) is 0 Å². The summed E-state index contributed by atoms with van der Waals surface area (Å²) in [4.78, 5) is 29.0. The molecule has 0 saturated heterocycles. The Morgan fingerprint density at radius 3 is 2.55 bits per heavy atom. The van der Waals surface area contributed by atoms with Crippen LogP contribution in [0.25, 0.3) is 0 Å². The van der Waals surface area contributed by atoms with E-state index >= 15 is 0 Å². The Kier molecular flexibility index (Phi) is 3.99. The van der Waals surface area contributed by atoms with Gasteiger partial charge in [0, 0.05) is 36.5 Å². The number of carbonyl (C=O) groups excluding carboxylic acids is 1. The fraction of sp³-hybridized carbons (Fsp3) is 0.600. The molecule has 1 fully saturated rings. The average molecular weight is 278 g/mol. The van der Waals surface area contributed by atoms with Crippen LogP contribution in [0.5, 0.6) is 0 Å². The molecule has 0 aliphatic heterocycles. The summed E-state index contributed by atoms with van der Waals surface area (Å²) in [6, 6.07) is 1.44. The van der Waals surface area contributed by atoms with E-state index in [4.69, 9.17) is 0 Å². The lowest BCUT2D eigenvalue weighted by atomic mass is 9.69. The van der Waals surface area contributed by atoms with Gasteiger partial charge < -0.3 is 15.0 Å². The molecule has 2 rings (SSSR count). The zero-order chi connectivity index (χ0) is 14.9. The van der Waals surface area contributed by atoms with Crippen molar-refractivity contribution in [2.75, 3.05) is 20.2 Å². The predicted molar refractivity (Wildman–Crippen MR) is 76.9 cm³/mol. The monoisotopic (exact) mass is 278 g/mol. The molecular weight excluding hydrogens is 256 g/mol. The van der Waals surface area contributed by atoms with Crippen LogP contribution in [0.2, 0.25) is 0 Å². The van der Waals surface area contributed by atoms with E-state index in [0.717, 1.165) is 25.0 Å². The van der Waals surface area contributed by atoms with E-state index in [0.29, 0.717) is 12.2 Å². The smallest absolute Gasteiger partial charge is 0.259 e. The van der Waals surface area contributed by atoms with Crippen LogP contribution in [-0.2, 0) is 0 Å². The van der Waals surface area contributed by atoms with Gasteiger partial charge in [-0.25, -0.2) is 0 Å². The van der Waals surface area contributed by atoms with Gasteiger partial charge in [0.25, 0.3) is 5.91 Å². The van der Waals surface area contributed by atoms with Crippen molar-refractivity contribution in [2.24, 2.45) is 5.41 Å². The number of aryl methyl sites for hydroxylation is 2. The van der Waals surface area contributed by atoms with Crippen molar-refractivity contribution in [1.82, 2.24) is 9.88 Å². The molecule has 1 aliphatic rings. The highest BCUT2D eigenvalue weighted by molar-refractivity contribution is 5.95. The Morgan fingerprint density at radius 1 is 1.45 bits per heavy atom. The van der Waals surface area contributed by atoms with Crippen LogP contribution < -0.4 is 5.43 Å². The van der Waals surface area contributed by atoms with Gasteiger partial charge in [0.2, 0.25) is 0 Å². The first-order valence-electron chi connectivity index (χ1n) is 6.95. The van der Waals surface area contributed by atoms with Crippen molar-refractivity contribution in [3.05, 3.63) is 33.2 Å². The van der Waals surface area contributed by atoms with Crippen molar-refractivity contribution < 1.29 is 9.90 Å². The van der Waals surface area contributed by atoms with Gasteiger partial charge in [-0.1, -0.05) is 6.42 Å². The molecule has 1 saturated carbocycles. The van der Waals surface area contributed by atoms with Gasteiger partial charge in [-0.05, 0) is 26.7 Å². The standard InChI is InChI=1S/C15H22N2O3/c1-10-7-12(19)13(11(2)16-10)14(20)17(3)8-15(9-18)5-4-6-15/h7,18H,4-6,8-9H2,1-3H3,(H,16,19). The highest BCUT2D eigenvalue weighted by atomic mass is 16.3. The number of amides is 1. The van der Waals surface area contributed by atoms with Crippen molar-refractivity contribution in [1.29, 1.82) is 0 Å². The normalized spacial score (nSPS) is 16.6. The quantitative estimate of drug-likeness (QED) is 0.870. The Morgan fingerprint density at radius 2 is 2.10 bits per heavy atom. The molecule has 0 radical (unpaired) electrons. The van der Waals surface area contributed by atoms with Crippen LogP contribution in [0.15, 0.2) is 10.9 Å². The van der Waals surface area contributed by atoms with Gasteiger partial charge in [0.1, 0.15) is 5.56 Å². The largest absolute Gasteiger partial charge is 0.396 e. The number of H-pyrrole nitrogens is 1. The summed E-state index contributed by atoms with van der Waals surface area (Å²) in [5.41, 5.74) is 1.12. The number of nitrogens with zero attached hydrogens (tertiary/aromatic N) is 1.